The summed E-state index contributed by atoms with van der Waals surface area (Å²) in [4.78, 5) is 208. The molecule has 12 amide bonds. The minimum atomic E-state index is -4.19. The zero-order valence-electron chi connectivity index (χ0n) is 89.0. The minimum absolute atomic E-state index is 0.00906. The van der Waals surface area contributed by atoms with Gasteiger partial charge in [0, 0.05) is 93.4 Å². The summed E-state index contributed by atoms with van der Waals surface area (Å²) < 4.78 is 75.7. The number of benzene rings is 4. The van der Waals surface area contributed by atoms with E-state index < -0.39 is 204 Å². The smallest absolute Gasteiger partial charge is 0.410 e. The van der Waals surface area contributed by atoms with E-state index in [-0.39, 0.29) is 107 Å². The van der Waals surface area contributed by atoms with Crippen LogP contribution in [0.1, 0.15) is 250 Å². The summed E-state index contributed by atoms with van der Waals surface area (Å²) in [5.74, 6) is -4.46. The number of nitrogens with zero attached hydrogens (tertiary/aromatic N) is 6. The zero-order chi connectivity index (χ0) is 108. The molecule has 39 heteroatoms. The van der Waals surface area contributed by atoms with Gasteiger partial charge in [0.25, 0.3) is 7.37 Å². The number of nitrogens with one attached hydrogen (secondary N) is 6. The fraction of sp³-hybridized carbons (Fsp3) is 0.618. The molecule has 814 valence electrons. The van der Waals surface area contributed by atoms with Gasteiger partial charge >= 0.3 is 36.6 Å². The predicted molar refractivity (Wildman–Crippen MR) is 560 cm³/mol. The van der Waals surface area contributed by atoms with Gasteiger partial charge in [-0.15, -0.1) is 19.7 Å². The van der Waals surface area contributed by atoms with Crippen molar-refractivity contribution < 1.29 is 114 Å². The summed E-state index contributed by atoms with van der Waals surface area (Å²) >= 11 is 0. The Balaban J connectivity index is 0.000000176. The summed E-state index contributed by atoms with van der Waals surface area (Å²) in [6.45, 7) is 41.3. The second-order valence-corrected chi connectivity index (χ2v) is 55.1. The van der Waals surface area contributed by atoms with Crippen LogP contribution in [0.2, 0.25) is 0 Å². The summed E-state index contributed by atoms with van der Waals surface area (Å²) in [7, 11) is -11.9. The molecule has 9 heterocycles. The molecule has 4 aromatic rings. The zero-order valence-corrected chi connectivity index (χ0v) is 91.7. The number of carbonyl (C=O) groups excluding carboxylic acids is 12. The van der Waals surface area contributed by atoms with Gasteiger partial charge in [0.2, 0.25) is 50.2 Å². The van der Waals surface area contributed by atoms with Crippen LogP contribution in [0.5, 0.6) is 0 Å². The van der Waals surface area contributed by atoms with Crippen LogP contribution in [-0.4, -0.2) is 238 Å². The maximum Gasteiger partial charge on any atom is 0.410 e. The average molecular weight is 2120 g/mol. The Bertz CT molecular complexity index is 5880. The van der Waals surface area contributed by atoms with Crippen molar-refractivity contribution in [2.75, 3.05) is 45.6 Å². The molecule has 0 radical (unpaired) electrons. The van der Waals surface area contributed by atoms with Gasteiger partial charge in [0.1, 0.15) is 70.4 Å². The van der Waals surface area contributed by atoms with Crippen molar-refractivity contribution in [2.45, 2.75) is 335 Å². The van der Waals surface area contributed by atoms with Gasteiger partial charge in [-0.05, 0) is 173 Å². The number of cyclic esters (lactones) is 3. The first kappa shape index (κ1) is 114. The first-order chi connectivity index (χ1) is 70.2. The molecule has 4 aromatic carbocycles. The number of hydrogen-bond acceptors (Lipinski definition) is 21. The van der Waals surface area contributed by atoms with E-state index in [2.05, 4.69) is 69.8 Å². The molecule has 6 fully saturated rings. The Hall–Kier alpha value is -10.9. The van der Waals surface area contributed by atoms with Crippen molar-refractivity contribution >= 4 is 99.4 Å². The topological polar surface area (TPSA) is 464 Å². The average Bonchev–Trinajstić information content (AvgIpc) is 1.55. The lowest BCUT2D eigenvalue weighted by Crippen LogP contribution is -2.58. The Labute approximate surface area is 875 Å². The molecule has 36 nitrogen and oxygen atoms in total. The van der Waals surface area contributed by atoms with Crippen LogP contribution in [0.25, 0.3) is 0 Å². The quantitative estimate of drug-likeness (QED) is 0.0303. The second kappa shape index (κ2) is 46.0. The normalized spacial score (nSPS) is 30.6. The highest BCUT2D eigenvalue weighted by Crippen LogP contribution is 2.73. The lowest BCUT2D eigenvalue weighted by atomic mass is 9.85. The highest BCUT2D eigenvalue weighted by atomic mass is 31.2. The van der Waals surface area contributed by atoms with Gasteiger partial charge in [-0.2, -0.15) is 0 Å². The molecule has 21 atom stereocenters. The molecule has 9 N–H and O–H groups in total. The Morgan fingerprint density at radius 1 is 0.430 bits per heavy atom. The molecule has 3 unspecified atom stereocenters. The number of alkyl carbamates (subject to hydrolysis) is 3. The molecule has 16 rings (SSSR count). The maximum atomic E-state index is 14.5. The third-order valence-electron chi connectivity index (χ3n) is 32.0. The number of carbonyl (C=O) groups is 12. The van der Waals surface area contributed by atoms with Crippen LogP contribution < -0.4 is 37.2 Å². The van der Waals surface area contributed by atoms with Crippen LogP contribution in [0, 0.1) is 51.8 Å². The third kappa shape index (κ3) is 25.2. The number of aryl methyl sites for hydroxylation is 3. The third-order valence-corrected chi connectivity index (χ3v) is 40.6. The van der Waals surface area contributed by atoms with Crippen molar-refractivity contribution in [1.29, 1.82) is 0 Å². The summed E-state index contributed by atoms with van der Waals surface area (Å²) in [6.07, 6.45) is 9.85. The first-order valence-electron chi connectivity index (χ1n) is 53.0. The Morgan fingerprint density at radius 3 is 1.02 bits per heavy atom. The number of amides is 12. The Kier molecular flexibility index (Phi) is 35.1. The molecule has 9 aliphatic heterocycles. The van der Waals surface area contributed by atoms with Crippen LogP contribution in [0.3, 0.4) is 0 Å². The molecular weight excluding hydrogens is 1970 g/mol. The number of rotatable bonds is 15. The summed E-state index contributed by atoms with van der Waals surface area (Å²) in [6, 6.07) is 19.9. The lowest BCUT2D eigenvalue weighted by Gasteiger charge is -2.36. The largest absolute Gasteiger partial charge is 0.449 e. The van der Waals surface area contributed by atoms with E-state index >= 15 is 0 Å². The summed E-state index contributed by atoms with van der Waals surface area (Å²) in [5.41, 5.74) is 7.20. The predicted octanol–water partition coefficient (Wildman–Crippen LogP) is 15.5. The lowest BCUT2D eigenvalue weighted by molar-refractivity contribution is -0.142. The fourth-order valence-electron chi connectivity index (χ4n) is 22.5. The molecule has 149 heavy (non-hydrogen) atoms. The molecule has 12 bridgehead atoms. The van der Waals surface area contributed by atoms with Crippen molar-refractivity contribution in [2.24, 2.45) is 51.8 Å². The first-order valence-corrected chi connectivity index (χ1v) is 58.2. The SMILES string of the molecule is C=C[C@@H]1C[C@]1(NC(=O)[C@@H]1C[C@@H]2CN1C(=O)[C@H](C(C)(C)C)NC(=O)OC[C@H](C)CCCCc1cccc3c1CN(C3)C(=O)O2)P(=O)(O)C(C)C.C=C[C@@H]1C[C@]1(NC(=O)[C@@H]1C[C@@H]2CN1C(=O)[C@H](C(C)(C)C)NC(=O)OC[C@H](C)CCCCc1cccc3c1CN(C3)C(=O)O2)P(=O)(O)CC.C=C[C@@H]1C[C@]1(NC(=O)[C@@H]1C[C@@H]2CN1C(=O)[C@H](C(C)(C)C)NC(=O)OC[C@H](C)CCCCc1cccc3c1CN(C3)C(=O)O2)P(=O)(O)c1ccccc1. The van der Waals surface area contributed by atoms with Crippen molar-refractivity contribution in [1.82, 2.24) is 61.3 Å². The number of fused-ring (bicyclic) bond motifs is 9. The van der Waals surface area contributed by atoms with Gasteiger partial charge in [0.05, 0.1) is 39.5 Å². The Morgan fingerprint density at radius 2 is 0.725 bits per heavy atom. The number of hydrogen-bond donors (Lipinski definition) is 9. The molecular formula is C110H155N12O24P3. The molecule has 0 spiro atoms. The molecule has 3 saturated heterocycles. The van der Waals surface area contributed by atoms with Gasteiger partial charge in [-0.25, -0.2) is 28.8 Å². The van der Waals surface area contributed by atoms with E-state index in [9.17, 15) is 85.9 Å². The molecule has 0 aromatic heterocycles. The van der Waals surface area contributed by atoms with E-state index in [0.717, 1.165) is 110 Å². The van der Waals surface area contributed by atoms with Crippen LogP contribution >= 0.6 is 22.1 Å². The molecule has 3 saturated carbocycles. The van der Waals surface area contributed by atoms with Crippen LogP contribution in [0.15, 0.2) is 123 Å². The van der Waals surface area contributed by atoms with Crippen molar-refractivity contribution in [3.63, 3.8) is 0 Å². The van der Waals surface area contributed by atoms with Gasteiger partial charge < -0.3 is 89.7 Å². The van der Waals surface area contributed by atoms with Gasteiger partial charge in [0.15, 0.2) is 0 Å². The fourth-order valence-corrected chi connectivity index (χ4v) is 29.0. The van der Waals surface area contributed by atoms with Crippen molar-refractivity contribution in [3.8, 4) is 0 Å². The molecule has 12 aliphatic rings. The standard InChI is InChI=1S/C39H51N4O8P.C36H53N4O8P.C35H51N4O8P/c1-6-28-20-39(28,52(48,49)30-17-8-7-9-18-30)41-34(44)32-19-29-22-43(32)35(45)33(38(3,4)5)40-36(46)50-24-25(2)13-10-11-14-26-15-12-16-27-21-42(23-31(26)27)37(47)51-29;1-8-26-17-36(26,49(45,46)22(2)3)38-31(41)29-16-27-19-40(29)32(42)30(35(5,6)7)37-33(43)47-21-23(4)12-9-10-13-24-14-11-15-25-18-39(20-28(24)25)34(44)48-27;1-7-25-17-35(25,48(44,45)8-2)37-30(40)28-16-26-19-39(28)31(41)29(34(4,5)6)36-32(42)46-21-22(3)12-9-10-13-23-14-11-15-24-18-38(20-27(23)24)33(43)47-26/h6-9,12,15-18,25,28-29,32-33H,1,10-11,13-14,19-24H2,2-5H3,(H,40,46)(H,41,44)(H,48,49);8,11,14-15,22-23,26-27,29-30H,1,9-10,12-13,16-21H2,2-7H3,(H,37,43)(H,38,41)(H,45,46);7,11,14-15,22,25-26,28-29H,1,8-10,12-13,16-21H2,2-6H3,(H,36,42)(H,37,40)(H,44,45)/t25-,28-,29-,32+,33-,39+;23-,26-,27-,29+,30-,36+;22-,25-,26-,28+,29-,35+/m111/s1. The van der Waals surface area contributed by atoms with Gasteiger partial charge in [-0.3, -0.25) is 57.2 Å². The summed E-state index contributed by atoms with van der Waals surface area (Å²) in [5, 5.41) is 12.7. The van der Waals surface area contributed by atoms with E-state index in [1.54, 1.807) is 146 Å². The highest BCUT2D eigenvalue weighted by Gasteiger charge is 2.70. The monoisotopic (exact) mass is 2120 g/mol. The van der Waals surface area contributed by atoms with E-state index in [1.165, 1.54) is 31.4 Å². The number of ether oxygens (including phenoxy) is 6. The highest BCUT2D eigenvalue weighted by molar-refractivity contribution is 7.68. The van der Waals surface area contributed by atoms with E-state index in [0.29, 0.717) is 39.3 Å². The van der Waals surface area contributed by atoms with Crippen molar-refractivity contribution in [3.05, 3.63) is 173 Å². The van der Waals surface area contributed by atoms with Crippen LogP contribution in [-0.2, 0) is 129 Å². The molecule has 3 aliphatic carbocycles. The van der Waals surface area contributed by atoms with E-state index in [1.807, 2.05) is 57.2 Å². The van der Waals surface area contributed by atoms with E-state index in [4.69, 9.17) is 28.4 Å². The second-order valence-electron chi connectivity index (χ2n) is 46.7. The minimum Gasteiger partial charge on any atom is -0.449 e. The van der Waals surface area contributed by atoms with Crippen LogP contribution in [0.4, 0.5) is 28.8 Å². The maximum absolute atomic E-state index is 14.5. The van der Waals surface area contributed by atoms with Gasteiger partial charge in [-0.1, -0.05) is 214 Å².